The van der Waals surface area contributed by atoms with E-state index >= 15 is 0 Å². The van der Waals surface area contributed by atoms with Crippen LogP contribution >= 0.6 is 0 Å². The van der Waals surface area contributed by atoms with Gasteiger partial charge in [0.05, 0.1) is 13.0 Å². The predicted molar refractivity (Wildman–Crippen MR) is 47.0 cm³/mol. The molecular weight excluding hydrogens is 166 g/mol. The summed E-state index contributed by atoms with van der Waals surface area (Å²) in [6.07, 6.45) is 5.02. The van der Waals surface area contributed by atoms with Gasteiger partial charge in [0.15, 0.2) is 0 Å². The fourth-order valence-corrected chi connectivity index (χ4v) is 1.55. The van der Waals surface area contributed by atoms with Gasteiger partial charge in [-0.25, -0.2) is 0 Å². The smallest absolute Gasteiger partial charge is 0.306 e. The fraction of sp³-hybridized carbons (Fsp3) is 0.400. The SMILES string of the molecule is O=C1CC(Cc2cccnc2)CO1. The number of carbonyl (C=O) groups excluding carboxylic acids is 1. The first-order valence-corrected chi connectivity index (χ1v) is 4.39. The zero-order chi connectivity index (χ0) is 9.10. The van der Waals surface area contributed by atoms with E-state index in [9.17, 15) is 4.79 Å². The highest BCUT2D eigenvalue weighted by Crippen LogP contribution is 2.18. The molecule has 1 fully saturated rings. The zero-order valence-electron chi connectivity index (χ0n) is 7.27. The van der Waals surface area contributed by atoms with Crippen molar-refractivity contribution in [2.75, 3.05) is 6.61 Å². The van der Waals surface area contributed by atoms with Crippen molar-refractivity contribution in [3.05, 3.63) is 30.1 Å². The molecule has 0 spiro atoms. The van der Waals surface area contributed by atoms with Gasteiger partial charge in [-0.3, -0.25) is 9.78 Å². The van der Waals surface area contributed by atoms with Crippen molar-refractivity contribution in [2.24, 2.45) is 5.92 Å². The van der Waals surface area contributed by atoms with Crippen LogP contribution in [0.1, 0.15) is 12.0 Å². The molecule has 13 heavy (non-hydrogen) atoms. The molecule has 3 nitrogen and oxygen atoms in total. The molecule has 0 aromatic carbocycles. The summed E-state index contributed by atoms with van der Waals surface area (Å²) in [6, 6.07) is 3.93. The van der Waals surface area contributed by atoms with Gasteiger partial charge in [-0.2, -0.15) is 0 Å². The Bertz CT molecular complexity index is 297. The molecule has 0 bridgehead atoms. The minimum Gasteiger partial charge on any atom is -0.465 e. The summed E-state index contributed by atoms with van der Waals surface area (Å²) in [5.74, 6) is 0.269. The lowest BCUT2D eigenvalue weighted by Gasteiger charge is -2.04. The van der Waals surface area contributed by atoms with E-state index in [1.54, 1.807) is 6.20 Å². The number of hydrogen-bond donors (Lipinski definition) is 0. The highest BCUT2D eigenvalue weighted by Gasteiger charge is 2.23. The lowest BCUT2D eigenvalue weighted by atomic mass is 10.0. The number of hydrogen-bond acceptors (Lipinski definition) is 3. The second-order valence-electron chi connectivity index (χ2n) is 3.32. The van der Waals surface area contributed by atoms with Crippen molar-refractivity contribution in [1.29, 1.82) is 0 Å². The van der Waals surface area contributed by atoms with Crippen molar-refractivity contribution < 1.29 is 9.53 Å². The van der Waals surface area contributed by atoms with E-state index in [1.165, 1.54) is 5.56 Å². The van der Waals surface area contributed by atoms with Gasteiger partial charge in [0.2, 0.25) is 0 Å². The molecule has 1 unspecified atom stereocenters. The maximum absolute atomic E-state index is 10.8. The lowest BCUT2D eigenvalue weighted by molar-refractivity contribution is -0.137. The first kappa shape index (κ1) is 8.23. The number of esters is 1. The van der Waals surface area contributed by atoms with Crippen LogP contribution < -0.4 is 0 Å². The molecule has 1 atom stereocenters. The van der Waals surface area contributed by atoms with Gasteiger partial charge in [0.1, 0.15) is 0 Å². The number of rotatable bonds is 2. The molecule has 68 valence electrons. The average Bonchev–Trinajstić information content (AvgIpc) is 2.53. The first-order valence-electron chi connectivity index (χ1n) is 4.39. The number of ether oxygens (including phenoxy) is 1. The van der Waals surface area contributed by atoms with Crippen LogP contribution in [0, 0.1) is 5.92 Å². The summed E-state index contributed by atoms with van der Waals surface area (Å²) in [5.41, 5.74) is 1.17. The summed E-state index contributed by atoms with van der Waals surface area (Å²) < 4.78 is 4.88. The lowest BCUT2D eigenvalue weighted by Crippen LogP contribution is -2.03. The van der Waals surface area contributed by atoms with Gasteiger partial charge in [-0.15, -0.1) is 0 Å². The van der Waals surface area contributed by atoms with E-state index in [1.807, 2.05) is 18.3 Å². The summed E-state index contributed by atoms with van der Waals surface area (Å²) in [7, 11) is 0. The van der Waals surface area contributed by atoms with Gasteiger partial charge in [-0.05, 0) is 18.1 Å². The first-order chi connectivity index (χ1) is 6.34. The molecule has 0 amide bonds. The monoisotopic (exact) mass is 177 g/mol. The van der Waals surface area contributed by atoms with Crippen LogP contribution in [-0.2, 0) is 16.0 Å². The number of aromatic nitrogens is 1. The highest BCUT2D eigenvalue weighted by atomic mass is 16.5. The zero-order valence-corrected chi connectivity index (χ0v) is 7.27. The van der Waals surface area contributed by atoms with Crippen LogP contribution in [-0.4, -0.2) is 17.6 Å². The maximum atomic E-state index is 10.8. The van der Waals surface area contributed by atoms with Crippen LogP contribution in [0.3, 0.4) is 0 Å². The third-order valence-corrected chi connectivity index (χ3v) is 2.18. The molecule has 2 rings (SSSR count). The fourth-order valence-electron chi connectivity index (χ4n) is 1.55. The number of pyridine rings is 1. The molecule has 1 saturated heterocycles. The Morgan fingerprint density at radius 2 is 2.54 bits per heavy atom. The number of carbonyl (C=O) groups is 1. The topological polar surface area (TPSA) is 39.2 Å². The largest absolute Gasteiger partial charge is 0.465 e. The van der Waals surface area contributed by atoms with E-state index in [2.05, 4.69) is 4.98 Å². The predicted octanol–water partition coefficient (Wildman–Crippen LogP) is 1.19. The van der Waals surface area contributed by atoms with Gasteiger partial charge >= 0.3 is 5.97 Å². The Kier molecular flexibility index (Phi) is 2.25. The Morgan fingerprint density at radius 3 is 3.15 bits per heavy atom. The molecule has 1 aromatic rings. The van der Waals surface area contributed by atoms with Gasteiger partial charge in [0.25, 0.3) is 0 Å². The third kappa shape index (κ3) is 2.05. The molecule has 1 aromatic heterocycles. The third-order valence-electron chi connectivity index (χ3n) is 2.18. The summed E-state index contributed by atoms with van der Waals surface area (Å²) >= 11 is 0. The van der Waals surface area contributed by atoms with Gasteiger partial charge in [0, 0.05) is 18.3 Å². The molecule has 3 heteroatoms. The molecule has 0 N–H and O–H groups in total. The average molecular weight is 177 g/mol. The van der Waals surface area contributed by atoms with Crippen molar-refractivity contribution in [1.82, 2.24) is 4.98 Å². The minimum atomic E-state index is -0.0751. The maximum Gasteiger partial charge on any atom is 0.306 e. The summed E-state index contributed by atoms with van der Waals surface area (Å²) in [5, 5.41) is 0. The van der Waals surface area contributed by atoms with Crippen LogP contribution in [0.25, 0.3) is 0 Å². The standard InChI is InChI=1S/C10H11NO2/c12-10-5-9(7-13-10)4-8-2-1-3-11-6-8/h1-3,6,9H,4-5,7H2. The summed E-state index contributed by atoms with van der Waals surface area (Å²) in [6.45, 7) is 0.563. The normalized spacial score (nSPS) is 21.5. The van der Waals surface area contributed by atoms with Crippen LogP contribution in [0.4, 0.5) is 0 Å². The van der Waals surface area contributed by atoms with E-state index in [0.717, 1.165) is 6.42 Å². The Balaban J connectivity index is 1.96. The van der Waals surface area contributed by atoms with E-state index in [0.29, 0.717) is 18.9 Å². The van der Waals surface area contributed by atoms with Crippen LogP contribution in [0.15, 0.2) is 24.5 Å². The summed E-state index contributed by atoms with van der Waals surface area (Å²) in [4.78, 5) is 14.8. The molecule has 1 aliphatic heterocycles. The molecular formula is C10H11NO2. The van der Waals surface area contributed by atoms with E-state index in [4.69, 9.17) is 4.74 Å². The number of nitrogens with zero attached hydrogens (tertiary/aromatic N) is 1. The van der Waals surface area contributed by atoms with Crippen molar-refractivity contribution in [3.8, 4) is 0 Å². The second kappa shape index (κ2) is 3.56. The molecule has 0 aliphatic carbocycles. The van der Waals surface area contributed by atoms with Crippen molar-refractivity contribution >= 4 is 5.97 Å². The molecule has 1 aliphatic rings. The van der Waals surface area contributed by atoms with Gasteiger partial charge in [-0.1, -0.05) is 6.07 Å². The van der Waals surface area contributed by atoms with Crippen LogP contribution in [0.5, 0.6) is 0 Å². The van der Waals surface area contributed by atoms with Crippen LogP contribution in [0.2, 0.25) is 0 Å². The quantitative estimate of drug-likeness (QED) is 0.637. The second-order valence-corrected chi connectivity index (χ2v) is 3.32. The Hall–Kier alpha value is -1.38. The van der Waals surface area contributed by atoms with Crippen molar-refractivity contribution in [2.45, 2.75) is 12.8 Å². The Labute approximate surface area is 76.7 Å². The molecule has 0 radical (unpaired) electrons. The van der Waals surface area contributed by atoms with Gasteiger partial charge < -0.3 is 4.74 Å². The minimum absolute atomic E-state index is 0.0751. The van der Waals surface area contributed by atoms with E-state index in [-0.39, 0.29) is 5.97 Å². The Morgan fingerprint density at radius 1 is 1.62 bits per heavy atom. The molecule has 2 heterocycles. The highest BCUT2D eigenvalue weighted by molar-refractivity contribution is 5.71. The van der Waals surface area contributed by atoms with Crippen molar-refractivity contribution in [3.63, 3.8) is 0 Å². The molecule has 0 saturated carbocycles. The number of cyclic esters (lactones) is 1. The van der Waals surface area contributed by atoms with E-state index < -0.39 is 0 Å².